The van der Waals surface area contributed by atoms with Crippen LogP contribution < -0.4 is 0 Å². The summed E-state index contributed by atoms with van der Waals surface area (Å²) in [4.78, 5) is 0. The molecule has 80 valence electrons. The lowest BCUT2D eigenvalue weighted by molar-refractivity contribution is -0.250. The predicted molar refractivity (Wildman–Crippen MR) is 53.4 cm³/mol. The Balaban J connectivity index is 1.66. The van der Waals surface area contributed by atoms with Gasteiger partial charge in [-0.1, -0.05) is 0 Å². The number of hydrogen-bond acceptors (Lipinski definition) is 4. The molecule has 2 bridgehead atoms. The first kappa shape index (κ1) is 9.09. The van der Waals surface area contributed by atoms with Gasteiger partial charge >= 0.3 is 0 Å². The van der Waals surface area contributed by atoms with Gasteiger partial charge in [0.2, 0.25) is 0 Å². The molecule has 14 heavy (non-hydrogen) atoms. The van der Waals surface area contributed by atoms with Crippen LogP contribution in [0.2, 0.25) is 0 Å². The molecule has 0 aromatic rings. The van der Waals surface area contributed by atoms with E-state index in [1.54, 1.807) is 0 Å². The second-order valence-corrected chi connectivity index (χ2v) is 4.52. The molecule has 4 nitrogen and oxygen atoms in total. The van der Waals surface area contributed by atoms with Crippen molar-refractivity contribution in [2.24, 2.45) is 5.92 Å². The minimum Gasteiger partial charge on any atom is -0.379 e. The Hall–Kier alpha value is -0.160. The van der Waals surface area contributed by atoms with Gasteiger partial charge in [-0.3, -0.25) is 0 Å². The summed E-state index contributed by atoms with van der Waals surface area (Å²) in [7, 11) is 0. The Kier molecular flexibility index (Phi) is 2.45. The quantitative estimate of drug-likeness (QED) is 0.596. The van der Waals surface area contributed by atoms with Crippen molar-refractivity contribution in [2.45, 2.75) is 12.8 Å². The van der Waals surface area contributed by atoms with Crippen LogP contribution in [0, 0.1) is 5.92 Å². The number of rotatable bonds is 1. The third-order valence-corrected chi connectivity index (χ3v) is 3.65. The van der Waals surface area contributed by atoms with Gasteiger partial charge in [0.15, 0.2) is 0 Å². The van der Waals surface area contributed by atoms with Crippen LogP contribution in [-0.4, -0.2) is 61.1 Å². The van der Waals surface area contributed by atoms with Gasteiger partial charge in [0.05, 0.1) is 13.2 Å². The molecule has 0 aromatic carbocycles. The molecule has 4 saturated heterocycles. The molecule has 0 radical (unpaired) electrons. The Morgan fingerprint density at radius 2 is 1.50 bits per heavy atom. The smallest absolute Gasteiger partial charge is 0.0608 e. The van der Waals surface area contributed by atoms with Gasteiger partial charge in [0, 0.05) is 32.7 Å². The minimum absolute atomic E-state index is 0.898. The molecular weight excluding hydrogens is 178 g/mol. The van der Waals surface area contributed by atoms with Crippen LogP contribution in [0.4, 0.5) is 0 Å². The van der Waals surface area contributed by atoms with E-state index in [1.165, 1.54) is 32.5 Å². The lowest BCUT2D eigenvalue weighted by Gasteiger charge is -2.52. The largest absolute Gasteiger partial charge is 0.379 e. The van der Waals surface area contributed by atoms with E-state index < -0.39 is 0 Å². The van der Waals surface area contributed by atoms with Crippen LogP contribution in [0.3, 0.4) is 0 Å². The van der Waals surface area contributed by atoms with Crippen LogP contribution in [-0.2, 0) is 4.74 Å². The zero-order valence-electron chi connectivity index (χ0n) is 8.69. The van der Waals surface area contributed by atoms with Crippen molar-refractivity contribution < 1.29 is 4.74 Å². The summed E-state index contributed by atoms with van der Waals surface area (Å²) in [5.74, 6) is 0.947. The van der Waals surface area contributed by atoms with Gasteiger partial charge in [0.1, 0.15) is 0 Å². The molecular formula is C10H19N3O. The predicted octanol–water partition coefficient (Wildman–Crippen LogP) is 0.176. The van der Waals surface area contributed by atoms with E-state index in [0.717, 1.165) is 32.2 Å². The van der Waals surface area contributed by atoms with E-state index in [9.17, 15) is 0 Å². The fraction of sp³-hybridized carbons (Fsp3) is 1.00. The third kappa shape index (κ3) is 1.56. The normalized spacial score (nSPS) is 40.3. The number of hydrogen-bond donors (Lipinski definition) is 0. The topological polar surface area (TPSA) is 19.0 Å². The number of fused-ring (bicyclic) bond motifs is 3. The Morgan fingerprint density at radius 1 is 0.857 bits per heavy atom. The molecule has 4 heteroatoms. The van der Waals surface area contributed by atoms with Crippen LogP contribution in [0.1, 0.15) is 12.8 Å². The van der Waals surface area contributed by atoms with Crippen LogP contribution in [0.25, 0.3) is 0 Å². The first-order valence-electron chi connectivity index (χ1n) is 5.78. The second kappa shape index (κ2) is 3.77. The average molecular weight is 197 g/mol. The zero-order chi connectivity index (χ0) is 9.38. The molecule has 0 aromatic heterocycles. The third-order valence-electron chi connectivity index (χ3n) is 3.65. The summed E-state index contributed by atoms with van der Waals surface area (Å²) in [5.41, 5.74) is 0. The monoisotopic (exact) mass is 197 g/mol. The van der Waals surface area contributed by atoms with E-state index in [1.807, 2.05) is 0 Å². The summed E-state index contributed by atoms with van der Waals surface area (Å²) in [5, 5.41) is 7.47. The Morgan fingerprint density at radius 3 is 2.07 bits per heavy atom. The Bertz CT molecular complexity index is 198. The first-order valence-corrected chi connectivity index (χ1v) is 5.78. The molecule has 4 heterocycles. The summed E-state index contributed by atoms with van der Waals surface area (Å²) in [6.07, 6.45) is 2.81. The zero-order valence-corrected chi connectivity index (χ0v) is 8.69. The summed E-state index contributed by atoms with van der Waals surface area (Å²) >= 11 is 0. The molecule has 4 aliphatic heterocycles. The maximum Gasteiger partial charge on any atom is 0.0608 e. The standard InChI is InChI=1S/C10H19N3O/c1-3-11-4-2-10(1)9-13(11)12-5-7-14-8-6-12/h10H,1-9H2. The lowest BCUT2D eigenvalue weighted by atomic mass is 9.95. The fourth-order valence-electron chi connectivity index (χ4n) is 2.76. The molecule has 0 aliphatic carbocycles. The number of ether oxygens (including phenoxy) is 1. The maximum atomic E-state index is 5.38. The van der Waals surface area contributed by atoms with E-state index in [0.29, 0.717) is 0 Å². The van der Waals surface area contributed by atoms with Gasteiger partial charge in [-0.25, -0.2) is 10.0 Å². The SMILES string of the molecule is C1CN(N2CC3CCN2CC3)CCO1. The van der Waals surface area contributed by atoms with E-state index in [2.05, 4.69) is 15.1 Å². The van der Waals surface area contributed by atoms with Gasteiger partial charge in [0.25, 0.3) is 0 Å². The van der Waals surface area contributed by atoms with Gasteiger partial charge in [-0.05, 0) is 18.8 Å². The number of morpholine rings is 1. The van der Waals surface area contributed by atoms with E-state index >= 15 is 0 Å². The van der Waals surface area contributed by atoms with Crippen molar-refractivity contribution in [2.75, 3.05) is 45.9 Å². The molecule has 0 spiro atoms. The number of hydrazine groups is 2. The molecule has 0 atom stereocenters. The van der Waals surface area contributed by atoms with Gasteiger partial charge in [-0.15, -0.1) is 0 Å². The van der Waals surface area contributed by atoms with Crippen LogP contribution >= 0.6 is 0 Å². The Labute approximate surface area is 85.3 Å². The summed E-state index contributed by atoms with van der Waals surface area (Å²) < 4.78 is 5.38. The summed E-state index contributed by atoms with van der Waals surface area (Å²) in [6, 6.07) is 0. The highest BCUT2D eigenvalue weighted by atomic mass is 16.5. The van der Waals surface area contributed by atoms with E-state index in [-0.39, 0.29) is 0 Å². The number of piperidine rings is 1. The van der Waals surface area contributed by atoms with Crippen molar-refractivity contribution in [3.05, 3.63) is 0 Å². The van der Waals surface area contributed by atoms with Crippen molar-refractivity contribution in [3.8, 4) is 0 Å². The average Bonchev–Trinajstić information content (AvgIpc) is 2.32. The molecule has 0 N–H and O–H groups in total. The van der Waals surface area contributed by atoms with Crippen molar-refractivity contribution in [1.29, 1.82) is 0 Å². The minimum atomic E-state index is 0.898. The fourth-order valence-corrected chi connectivity index (χ4v) is 2.76. The molecule has 4 aliphatic rings. The van der Waals surface area contributed by atoms with Crippen LogP contribution in [0.15, 0.2) is 0 Å². The van der Waals surface area contributed by atoms with Gasteiger partial charge in [-0.2, -0.15) is 5.12 Å². The van der Waals surface area contributed by atoms with Crippen molar-refractivity contribution >= 4 is 0 Å². The van der Waals surface area contributed by atoms with E-state index in [4.69, 9.17) is 4.74 Å². The molecule has 4 rings (SSSR count). The lowest BCUT2D eigenvalue weighted by Crippen LogP contribution is -2.63. The van der Waals surface area contributed by atoms with Crippen LogP contribution in [0.5, 0.6) is 0 Å². The number of nitrogens with zero attached hydrogens (tertiary/aromatic N) is 3. The molecule has 0 unspecified atom stereocenters. The molecule has 0 amide bonds. The first-order chi connectivity index (χ1) is 6.93. The second-order valence-electron chi connectivity index (χ2n) is 4.52. The highest BCUT2D eigenvalue weighted by molar-refractivity contribution is 4.79. The highest BCUT2D eigenvalue weighted by Gasteiger charge is 2.35. The highest BCUT2D eigenvalue weighted by Crippen LogP contribution is 2.27. The van der Waals surface area contributed by atoms with Crippen molar-refractivity contribution in [3.63, 3.8) is 0 Å². The molecule has 0 saturated carbocycles. The summed E-state index contributed by atoms with van der Waals surface area (Å²) in [6.45, 7) is 7.72. The van der Waals surface area contributed by atoms with Crippen molar-refractivity contribution in [1.82, 2.24) is 15.1 Å². The van der Waals surface area contributed by atoms with Gasteiger partial charge < -0.3 is 4.74 Å². The maximum absolute atomic E-state index is 5.38. The molecule has 4 fully saturated rings.